The van der Waals surface area contributed by atoms with Gasteiger partial charge in [0.15, 0.2) is 5.58 Å². The number of hydrogen-bond acceptors (Lipinski definition) is 5. The highest BCUT2D eigenvalue weighted by atomic mass is 16.5. The lowest BCUT2D eigenvalue weighted by Gasteiger charge is -2.21. The fourth-order valence-corrected chi connectivity index (χ4v) is 4.01. The molecule has 4 rings (SSSR count). The molecular formula is C26H27N3O4. The average molecular weight is 446 g/mol. The molecule has 0 aliphatic rings. The molecule has 0 radical (unpaired) electrons. The van der Waals surface area contributed by atoms with Crippen LogP contribution in [0.3, 0.4) is 0 Å². The van der Waals surface area contributed by atoms with Crippen molar-refractivity contribution in [3.05, 3.63) is 60.3 Å². The van der Waals surface area contributed by atoms with Gasteiger partial charge in [-0.2, -0.15) is 0 Å². The first kappa shape index (κ1) is 22.3. The SMILES string of the molecule is CC[C@H](C)[C@H](NC(=O)Cc1c(-c2ccc(OC)cc2)oc2c1ccc1cccnc12)C(N)=O. The second-order valence-electron chi connectivity index (χ2n) is 8.17. The van der Waals surface area contributed by atoms with E-state index >= 15 is 0 Å². The van der Waals surface area contributed by atoms with Gasteiger partial charge in [0.2, 0.25) is 11.8 Å². The van der Waals surface area contributed by atoms with Crippen LogP contribution in [0.2, 0.25) is 0 Å². The number of rotatable bonds is 8. The summed E-state index contributed by atoms with van der Waals surface area (Å²) in [6.45, 7) is 3.85. The van der Waals surface area contributed by atoms with E-state index in [1.807, 2.05) is 62.4 Å². The summed E-state index contributed by atoms with van der Waals surface area (Å²) in [6, 6.07) is 14.5. The number of methoxy groups -OCH3 is 1. The molecular weight excluding hydrogens is 418 g/mol. The summed E-state index contributed by atoms with van der Waals surface area (Å²) >= 11 is 0. The number of amides is 2. The van der Waals surface area contributed by atoms with Crippen molar-refractivity contribution in [2.24, 2.45) is 11.7 Å². The molecule has 4 aromatic rings. The van der Waals surface area contributed by atoms with E-state index in [-0.39, 0.29) is 18.2 Å². The number of nitrogens with two attached hydrogens (primary N) is 1. The van der Waals surface area contributed by atoms with Gasteiger partial charge >= 0.3 is 0 Å². The van der Waals surface area contributed by atoms with E-state index in [1.54, 1.807) is 13.3 Å². The number of hydrogen-bond donors (Lipinski definition) is 2. The minimum absolute atomic E-state index is 0.0346. The van der Waals surface area contributed by atoms with Crippen LogP contribution in [0.5, 0.6) is 5.75 Å². The van der Waals surface area contributed by atoms with Gasteiger partial charge in [-0.15, -0.1) is 0 Å². The molecule has 0 spiro atoms. The molecule has 2 atom stereocenters. The van der Waals surface area contributed by atoms with Crippen molar-refractivity contribution in [2.45, 2.75) is 32.7 Å². The van der Waals surface area contributed by atoms with Crippen LogP contribution in [0.4, 0.5) is 0 Å². The van der Waals surface area contributed by atoms with Gasteiger partial charge in [0.25, 0.3) is 0 Å². The number of pyridine rings is 1. The van der Waals surface area contributed by atoms with E-state index < -0.39 is 11.9 Å². The van der Waals surface area contributed by atoms with Gasteiger partial charge in [-0.05, 0) is 36.2 Å². The largest absolute Gasteiger partial charge is 0.497 e. The van der Waals surface area contributed by atoms with Crippen LogP contribution in [0.1, 0.15) is 25.8 Å². The standard InChI is InChI=1S/C26H27N3O4/c1-4-15(2)22(26(27)31)29-21(30)14-20-19-12-9-16-6-5-13-28-23(16)25(19)33-24(20)17-7-10-18(32-3)11-8-17/h5-13,15,22H,4,14H2,1-3H3,(H2,27,31)(H,29,30)/t15-,22-/m0/s1. The van der Waals surface area contributed by atoms with E-state index in [4.69, 9.17) is 14.9 Å². The maximum absolute atomic E-state index is 13.0. The molecule has 2 heterocycles. The highest BCUT2D eigenvalue weighted by molar-refractivity contribution is 6.06. The van der Waals surface area contributed by atoms with Crippen LogP contribution in [-0.2, 0) is 16.0 Å². The molecule has 33 heavy (non-hydrogen) atoms. The van der Waals surface area contributed by atoms with Crippen LogP contribution in [0, 0.1) is 5.92 Å². The minimum atomic E-state index is -0.729. The number of nitrogens with zero attached hydrogens (tertiary/aromatic N) is 1. The summed E-state index contributed by atoms with van der Waals surface area (Å²) < 4.78 is 11.6. The number of carbonyl (C=O) groups excluding carboxylic acids is 2. The maximum atomic E-state index is 13.0. The van der Waals surface area contributed by atoms with E-state index in [1.165, 1.54) is 0 Å². The first-order valence-electron chi connectivity index (χ1n) is 10.9. The van der Waals surface area contributed by atoms with Crippen molar-refractivity contribution in [1.82, 2.24) is 10.3 Å². The molecule has 2 amide bonds. The van der Waals surface area contributed by atoms with Crippen molar-refractivity contribution in [2.75, 3.05) is 7.11 Å². The van der Waals surface area contributed by atoms with Gasteiger partial charge in [-0.25, -0.2) is 0 Å². The summed E-state index contributed by atoms with van der Waals surface area (Å²) in [7, 11) is 1.61. The Bertz CT molecular complexity index is 1310. The predicted octanol–water partition coefficient (Wildman–Crippen LogP) is 4.22. The number of fused-ring (bicyclic) bond motifs is 3. The number of ether oxygens (including phenoxy) is 1. The van der Waals surface area contributed by atoms with Gasteiger partial charge in [0.05, 0.1) is 13.5 Å². The molecule has 7 nitrogen and oxygen atoms in total. The predicted molar refractivity (Wildman–Crippen MR) is 128 cm³/mol. The molecule has 3 N–H and O–H groups in total. The lowest BCUT2D eigenvalue weighted by Crippen LogP contribution is -2.48. The second-order valence-corrected chi connectivity index (χ2v) is 8.17. The molecule has 0 unspecified atom stereocenters. The maximum Gasteiger partial charge on any atom is 0.240 e. The summed E-state index contributed by atoms with van der Waals surface area (Å²) in [5.74, 6) is 0.402. The Balaban J connectivity index is 1.80. The fourth-order valence-electron chi connectivity index (χ4n) is 4.01. The lowest BCUT2D eigenvalue weighted by molar-refractivity contribution is -0.128. The number of benzene rings is 2. The molecule has 0 fully saturated rings. The lowest BCUT2D eigenvalue weighted by atomic mass is 9.97. The van der Waals surface area contributed by atoms with Gasteiger partial charge in [-0.3, -0.25) is 14.6 Å². The molecule has 0 aliphatic heterocycles. The number of carbonyl (C=O) groups is 2. The number of aromatic nitrogens is 1. The molecule has 0 aliphatic carbocycles. The first-order valence-corrected chi connectivity index (χ1v) is 10.9. The Morgan fingerprint density at radius 2 is 1.91 bits per heavy atom. The molecule has 0 bridgehead atoms. The summed E-state index contributed by atoms with van der Waals surface area (Å²) in [5.41, 5.74) is 8.43. The van der Waals surface area contributed by atoms with Crippen molar-refractivity contribution in [3.63, 3.8) is 0 Å². The van der Waals surface area contributed by atoms with Crippen molar-refractivity contribution < 1.29 is 18.7 Å². The molecule has 170 valence electrons. The zero-order valence-electron chi connectivity index (χ0n) is 18.9. The van der Waals surface area contributed by atoms with Crippen LogP contribution < -0.4 is 15.8 Å². The average Bonchev–Trinajstić information content (AvgIpc) is 3.20. The van der Waals surface area contributed by atoms with Gasteiger partial charge in [-0.1, -0.05) is 38.5 Å². The molecule has 2 aromatic heterocycles. The molecule has 2 aromatic carbocycles. The summed E-state index contributed by atoms with van der Waals surface area (Å²) in [4.78, 5) is 29.4. The number of primary amides is 1. The zero-order chi connectivity index (χ0) is 23.5. The summed E-state index contributed by atoms with van der Waals surface area (Å²) in [6.07, 6.45) is 2.47. The smallest absolute Gasteiger partial charge is 0.240 e. The highest BCUT2D eigenvalue weighted by Gasteiger charge is 2.26. The Kier molecular flexibility index (Phi) is 6.31. The van der Waals surface area contributed by atoms with Crippen LogP contribution in [0.25, 0.3) is 33.2 Å². The van der Waals surface area contributed by atoms with E-state index in [0.29, 0.717) is 11.3 Å². The minimum Gasteiger partial charge on any atom is -0.497 e. The molecule has 7 heteroatoms. The third-order valence-electron chi connectivity index (χ3n) is 6.06. The zero-order valence-corrected chi connectivity index (χ0v) is 18.9. The quantitative estimate of drug-likeness (QED) is 0.422. The number of nitrogens with one attached hydrogen (secondary N) is 1. The van der Waals surface area contributed by atoms with Crippen molar-refractivity contribution in [3.8, 4) is 17.1 Å². The van der Waals surface area contributed by atoms with E-state index in [2.05, 4.69) is 10.3 Å². The van der Waals surface area contributed by atoms with Crippen molar-refractivity contribution >= 4 is 33.7 Å². The number of furan rings is 1. The van der Waals surface area contributed by atoms with Crippen LogP contribution in [0.15, 0.2) is 59.1 Å². The Morgan fingerprint density at radius 3 is 2.58 bits per heavy atom. The fraction of sp³-hybridized carbons (Fsp3) is 0.269. The first-order chi connectivity index (χ1) is 15.9. The van der Waals surface area contributed by atoms with Crippen LogP contribution in [-0.4, -0.2) is 29.9 Å². The van der Waals surface area contributed by atoms with Gasteiger partial charge in [0.1, 0.15) is 23.1 Å². The Labute approximate surface area is 191 Å². The molecule has 0 saturated heterocycles. The van der Waals surface area contributed by atoms with Gasteiger partial charge in [0, 0.05) is 28.1 Å². The normalized spacial score (nSPS) is 13.1. The monoisotopic (exact) mass is 445 g/mol. The highest BCUT2D eigenvalue weighted by Crippen LogP contribution is 2.37. The Morgan fingerprint density at radius 1 is 1.15 bits per heavy atom. The Hall–Kier alpha value is -3.87. The van der Waals surface area contributed by atoms with E-state index in [0.717, 1.165) is 39.6 Å². The van der Waals surface area contributed by atoms with Gasteiger partial charge < -0.3 is 20.2 Å². The topological polar surface area (TPSA) is 107 Å². The third kappa shape index (κ3) is 4.39. The summed E-state index contributed by atoms with van der Waals surface area (Å²) in [5, 5.41) is 4.57. The van der Waals surface area contributed by atoms with E-state index in [9.17, 15) is 9.59 Å². The van der Waals surface area contributed by atoms with Crippen molar-refractivity contribution in [1.29, 1.82) is 0 Å². The second kappa shape index (κ2) is 9.32. The van der Waals surface area contributed by atoms with Crippen LogP contribution >= 0.6 is 0 Å². The third-order valence-corrected chi connectivity index (χ3v) is 6.06. The molecule has 0 saturated carbocycles.